The van der Waals surface area contributed by atoms with Crippen LogP contribution in [0.2, 0.25) is 0 Å². The van der Waals surface area contributed by atoms with Crippen molar-refractivity contribution in [2.45, 2.75) is 32.6 Å². The third-order valence-corrected chi connectivity index (χ3v) is 2.86. The van der Waals surface area contributed by atoms with Crippen molar-refractivity contribution in [2.75, 3.05) is 6.61 Å². The molecule has 0 aromatic carbocycles. The van der Waals surface area contributed by atoms with Gasteiger partial charge in [-0.05, 0) is 19.8 Å². The third kappa shape index (κ3) is 2.01. The van der Waals surface area contributed by atoms with E-state index in [-0.39, 0.29) is 11.8 Å². The maximum atomic E-state index is 11.7. The zero-order valence-corrected chi connectivity index (χ0v) is 9.34. The van der Waals surface area contributed by atoms with Crippen LogP contribution in [0.5, 0.6) is 0 Å². The van der Waals surface area contributed by atoms with E-state index in [9.17, 15) is 9.59 Å². The molecule has 0 unspecified atom stereocenters. The first-order chi connectivity index (χ1) is 7.72. The molecule has 2 aliphatic rings. The van der Waals surface area contributed by atoms with Gasteiger partial charge in [0.15, 0.2) is 5.78 Å². The molecule has 16 heavy (non-hydrogen) atoms. The van der Waals surface area contributed by atoms with Crippen LogP contribution < -0.4 is 5.32 Å². The van der Waals surface area contributed by atoms with Gasteiger partial charge < -0.3 is 10.1 Å². The lowest BCUT2D eigenvalue weighted by molar-refractivity contribution is -0.138. The van der Waals surface area contributed by atoms with Crippen molar-refractivity contribution in [1.82, 2.24) is 5.32 Å². The molecule has 86 valence electrons. The number of rotatable bonds is 2. The zero-order valence-electron chi connectivity index (χ0n) is 9.34. The third-order valence-electron chi connectivity index (χ3n) is 2.86. The summed E-state index contributed by atoms with van der Waals surface area (Å²) in [4.78, 5) is 23.2. The molecule has 0 radical (unpaired) electrons. The van der Waals surface area contributed by atoms with Crippen molar-refractivity contribution in [3.8, 4) is 0 Å². The van der Waals surface area contributed by atoms with Gasteiger partial charge in [-0.2, -0.15) is 0 Å². The maximum Gasteiger partial charge on any atom is 0.335 e. The summed E-state index contributed by atoms with van der Waals surface area (Å²) in [5.74, 6) is -0.177. The number of hydrogen-bond donors (Lipinski definition) is 1. The van der Waals surface area contributed by atoms with E-state index in [1.807, 2.05) is 0 Å². The smallest absolute Gasteiger partial charge is 0.335 e. The summed E-state index contributed by atoms with van der Waals surface area (Å²) >= 11 is 0. The summed E-state index contributed by atoms with van der Waals surface area (Å²) in [7, 11) is 0. The lowest BCUT2D eigenvalue weighted by Gasteiger charge is -2.24. The highest BCUT2D eigenvalue weighted by molar-refractivity contribution is 6.00. The Balaban J connectivity index is 2.11. The number of nitrogens with one attached hydrogen (secondary N) is 1. The Labute approximate surface area is 94.3 Å². The van der Waals surface area contributed by atoms with Crippen LogP contribution in [-0.2, 0) is 14.3 Å². The average Bonchev–Trinajstić information content (AvgIpc) is 2.29. The van der Waals surface area contributed by atoms with Gasteiger partial charge in [0.1, 0.15) is 0 Å². The fraction of sp³-hybridized carbons (Fsp3) is 0.500. The van der Waals surface area contributed by atoms with Crippen LogP contribution in [0.15, 0.2) is 23.0 Å². The minimum absolute atomic E-state index is 0.156. The number of hydrogen-bond acceptors (Lipinski definition) is 4. The molecule has 1 aliphatic carbocycles. The lowest BCUT2D eigenvalue weighted by atomic mass is 9.88. The topological polar surface area (TPSA) is 55.4 Å². The summed E-state index contributed by atoms with van der Waals surface area (Å²) < 4.78 is 4.92. The van der Waals surface area contributed by atoms with Gasteiger partial charge in [0.05, 0.1) is 12.2 Å². The van der Waals surface area contributed by atoms with E-state index in [1.165, 1.54) is 0 Å². The monoisotopic (exact) mass is 221 g/mol. The van der Waals surface area contributed by atoms with Gasteiger partial charge in [0, 0.05) is 30.3 Å². The first kappa shape index (κ1) is 10.9. The number of allylic oxidation sites excluding steroid dienone is 2. The average molecular weight is 221 g/mol. The Morgan fingerprint density at radius 2 is 2.31 bits per heavy atom. The standard InChI is InChI=1S/C12H15NO3/c1-2-16-12(15)8-6-9-10(13-7-8)4-3-5-11(9)14/h7,13H,2-6H2,1H3. The maximum absolute atomic E-state index is 11.7. The number of esters is 1. The second-order valence-corrected chi connectivity index (χ2v) is 3.94. The number of carbonyl (C=O) groups is 2. The van der Waals surface area contributed by atoms with E-state index in [0.717, 1.165) is 24.1 Å². The molecule has 0 bridgehead atoms. The predicted molar refractivity (Wildman–Crippen MR) is 58.4 cm³/mol. The molecule has 1 heterocycles. The van der Waals surface area contributed by atoms with E-state index in [4.69, 9.17) is 4.74 Å². The van der Waals surface area contributed by atoms with Gasteiger partial charge in [-0.1, -0.05) is 0 Å². The molecule has 1 N–H and O–H groups in total. The fourth-order valence-electron chi connectivity index (χ4n) is 2.03. The van der Waals surface area contributed by atoms with Gasteiger partial charge in [0.2, 0.25) is 0 Å². The molecular weight excluding hydrogens is 206 g/mol. The van der Waals surface area contributed by atoms with Gasteiger partial charge in [0.25, 0.3) is 0 Å². The van der Waals surface area contributed by atoms with Crippen LogP contribution in [-0.4, -0.2) is 18.4 Å². The number of dihydropyridines is 1. The molecule has 4 nitrogen and oxygen atoms in total. The van der Waals surface area contributed by atoms with Crippen molar-refractivity contribution < 1.29 is 14.3 Å². The molecule has 0 saturated carbocycles. The Hall–Kier alpha value is -1.58. The Bertz CT molecular complexity index is 393. The van der Waals surface area contributed by atoms with Crippen molar-refractivity contribution in [3.05, 3.63) is 23.0 Å². The quantitative estimate of drug-likeness (QED) is 0.717. The Kier molecular flexibility index (Phi) is 3.08. The summed E-state index contributed by atoms with van der Waals surface area (Å²) in [5.41, 5.74) is 2.27. The SMILES string of the molecule is CCOC(=O)C1=CNC2=C(C1)C(=O)CCC2. The highest BCUT2D eigenvalue weighted by Gasteiger charge is 2.26. The zero-order chi connectivity index (χ0) is 11.5. The van der Waals surface area contributed by atoms with Crippen LogP contribution in [0, 0.1) is 0 Å². The van der Waals surface area contributed by atoms with Crippen molar-refractivity contribution >= 4 is 11.8 Å². The van der Waals surface area contributed by atoms with Crippen molar-refractivity contribution in [1.29, 1.82) is 0 Å². The molecule has 1 aliphatic heterocycles. The van der Waals surface area contributed by atoms with Gasteiger partial charge in [-0.15, -0.1) is 0 Å². The summed E-state index contributed by atoms with van der Waals surface area (Å²) in [6, 6.07) is 0. The van der Waals surface area contributed by atoms with Crippen LogP contribution in [0.3, 0.4) is 0 Å². The molecule has 0 aromatic rings. The molecule has 0 spiro atoms. The van der Waals surface area contributed by atoms with E-state index < -0.39 is 0 Å². The minimum Gasteiger partial charge on any atom is -0.463 e. The van der Waals surface area contributed by atoms with Crippen LogP contribution in [0.25, 0.3) is 0 Å². The highest BCUT2D eigenvalue weighted by Crippen LogP contribution is 2.28. The molecule has 0 saturated heterocycles. The van der Waals surface area contributed by atoms with Gasteiger partial charge in [-0.3, -0.25) is 4.79 Å². The van der Waals surface area contributed by atoms with E-state index in [1.54, 1.807) is 13.1 Å². The van der Waals surface area contributed by atoms with E-state index >= 15 is 0 Å². The van der Waals surface area contributed by atoms with Crippen molar-refractivity contribution in [2.24, 2.45) is 0 Å². The molecule has 2 rings (SSSR count). The molecule has 0 atom stereocenters. The molecular formula is C12H15NO3. The van der Waals surface area contributed by atoms with Gasteiger partial charge in [-0.25, -0.2) is 4.79 Å². The van der Waals surface area contributed by atoms with E-state index in [2.05, 4.69) is 5.32 Å². The molecule has 0 aromatic heterocycles. The highest BCUT2D eigenvalue weighted by atomic mass is 16.5. The van der Waals surface area contributed by atoms with Crippen LogP contribution >= 0.6 is 0 Å². The first-order valence-corrected chi connectivity index (χ1v) is 5.60. The largest absolute Gasteiger partial charge is 0.463 e. The van der Waals surface area contributed by atoms with Crippen molar-refractivity contribution in [3.63, 3.8) is 0 Å². The van der Waals surface area contributed by atoms with Crippen LogP contribution in [0.4, 0.5) is 0 Å². The molecule has 4 heteroatoms. The number of Topliss-reactive ketones (excluding diaryl/α,β-unsaturated/α-hetero) is 1. The summed E-state index contributed by atoms with van der Waals surface area (Å²) in [5, 5.41) is 3.04. The molecule has 0 amide bonds. The Morgan fingerprint density at radius 3 is 3.06 bits per heavy atom. The Morgan fingerprint density at radius 1 is 1.50 bits per heavy atom. The second kappa shape index (κ2) is 4.51. The fourth-order valence-corrected chi connectivity index (χ4v) is 2.03. The minimum atomic E-state index is -0.333. The normalized spacial score (nSPS) is 19.8. The first-order valence-electron chi connectivity index (χ1n) is 5.60. The summed E-state index contributed by atoms with van der Waals surface area (Å²) in [6.45, 7) is 2.13. The number of ketones is 1. The predicted octanol–water partition coefficient (Wildman–Crippen LogP) is 1.43. The summed E-state index contributed by atoms with van der Waals surface area (Å²) in [6.07, 6.45) is 4.47. The van der Waals surface area contributed by atoms with Crippen LogP contribution in [0.1, 0.15) is 32.6 Å². The van der Waals surface area contributed by atoms with E-state index in [0.29, 0.717) is 25.0 Å². The number of ether oxygens (including phenoxy) is 1. The second-order valence-electron chi connectivity index (χ2n) is 3.94. The number of carbonyl (C=O) groups excluding carboxylic acids is 2. The van der Waals surface area contributed by atoms with Gasteiger partial charge >= 0.3 is 5.97 Å². The lowest BCUT2D eigenvalue weighted by Crippen LogP contribution is -2.26. The molecule has 0 fully saturated rings.